The fraction of sp³-hybridized carbons (Fsp3) is 0.381. The van der Waals surface area contributed by atoms with E-state index < -0.39 is 0 Å². The maximum absolute atomic E-state index is 12.8. The molecule has 9 heteroatoms. The van der Waals surface area contributed by atoms with Crippen molar-refractivity contribution in [2.24, 2.45) is 0 Å². The Morgan fingerprint density at radius 1 is 1.20 bits per heavy atom. The van der Waals surface area contributed by atoms with Gasteiger partial charge in [0.15, 0.2) is 4.34 Å². The van der Waals surface area contributed by atoms with Gasteiger partial charge in [-0.15, -0.1) is 22.7 Å². The molecular weight excluding hydrogens is 438 g/mol. The smallest absolute Gasteiger partial charge is 0.254 e. The summed E-state index contributed by atoms with van der Waals surface area (Å²) in [5.74, 6) is -0.00278. The van der Waals surface area contributed by atoms with Crippen molar-refractivity contribution >= 4 is 61.5 Å². The van der Waals surface area contributed by atoms with Gasteiger partial charge in [0.2, 0.25) is 5.91 Å². The van der Waals surface area contributed by atoms with Crippen LogP contribution in [-0.4, -0.2) is 42.8 Å². The standard InChI is InChI=1S/C21H23N3O3S3/c1-27-11-10-22-19(26)18-13-6-2-4-8-15(13)29-20(18)24-17(25)12-28-21-23-14-7-3-5-9-16(14)30-21/h3,5,7,9H,2,4,6,8,10-12H2,1H3,(H,22,26)(H,24,25). The Balaban J connectivity index is 1.45. The molecule has 2 aromatic heterocycles. The molecule has 0 fully saturated rings. The summed E-state index contributed by atoms with van der Waals surface area (Å²) >= 11 is 4.54. The van der Waals surface area contributed by atoms with Gasteiger partial charge < -0.3 is 15.4 Å². The maximum atomic E-state index is 12.8. The maximum Gasteiger partial charge on any atom is 0.254 e. The minimum absolute atomic E-state index is 0.121. The van der Waals surface area contributed by atoms with Crippen molar-refractivity contribution in [3.05, 3.63) is 40.3 Å². The van der Waals surface area contributed by atoms with Crippen LogP contribution in [0.2, 0.25) is 0 Å². The zero-order chi connectivity index (χ0) is 20.9. The zero-order valence-corrected chi connectivity index (χ0v) is 19.1. The third-order valence-corrected chi connectivity index (χ3v) is 8.23. The lowest BCUT2D eigenvalue weighted by Crippen LogP contribution is -2.29. The number of carbonyl (C=O) groups excluding carboxylic acids is 2. The van der Waals surface area contributed by atoms with Crippen LogP contribution in [0.25, 0.3) is 10.2 Å². The van der Waals surface area contributed by atoms with E-state index in [1.807, 2.05) is 24.3 Å². The van der Waals surface area contributed by atoms with Gasteiger partial charge in [-0.1, -0.05) is 23.9 Å². The first-order valence-electron chi connectivity index (χ1n) is 9.85. The zero-order valence-electron chi connectivity index (χ0n) is 16.7. The number of nitrogens with one attached hydrogen (secondary N) is 2. The predicted octanol–water partition coefficient (Wildman–Crippen LogP) is 4.34. The molecule has 0 bridgehead atoms. The lowest BCUT2D eigenvalue weighted by atomic mass is 9.95. The molecule has 158 valence electrons. The molecule has 1 aromatic carbocycles. The van der Waals surface area contributed by atoms with E-state index in [-0.39, 0.29) is 17.6 Å². The summed E-state index contributed by atoms with van der Waals surface area (Å²) in [5, 5.41) is 6.55. The highest BCUT2D eigenvalue weighted by Crippen LogP contribution is 2.38. The first-order chi connectivity index (χ1) is 14.7. The molecule has 0 radical (unpaired) electrons. The Morgan fingerprint density at radius 2 is 2.03 bits per heavy atom. The van der Waals surface area contributed by atoms with Gasteiger partial charge in [-0.2, -0.15) is 0 Å². The second-order valence-corrected chi connectivity index (χ2v) is 10.3. The van der Waals surface area contributed by atoms with Crippen LogP contribution in [0.5, 0.6) is 0 Å². The second kappa shape index (κ2) is 9.91. The molecular formula is C21H23N3O3S3. The molecule has 0 spiro atoms. The highest BCUT2D eigenvalue weighted by molar-refractivity contribution is 8.01. The predicted molar refractivity (Wildman–Crippen MR) is 124 cm³/mol. The van der Waals surface area contributed by atoms with Gasteiger partial charge in [-0.3, -0.25) is 9.59 Å². The van der Waals surface area contributed by atoms with Gasteiger partial charge in [0.1, 0.15) is 5.00 Å². The molecule has 30 heavy (non-hydrogen) atoms. The van der Waals surface area contributed by atoms with E-state index in [9.17, 15) is 9.59 Å². The topological polar surface area (TPSA) is 80.3 Å². The Hall–Kier alpha value is -1.94. The van der Waals surface area contributed by atoms with E-state index in [0.29, 0.717) is 23.7 Å². The summed E-state index contributed by atoms with van der Waals surface area (Å²) < 4.78 is 7.01. The number of amides is 2. The summed E-state index contributed by atoms with van der Waals surface area (Å²) in [6.07, 6.45) is 4.05. The highest BCUT2D eigenvalue weighted by atomic mass is 32.2. The van der Waals surface area contributed by atoms with Crippen molar-refractivity contribution in [3.63, 3.8) is 0 Å². The van der Waals surface area contributed by atoms with E-state index in [4.69, 9.17) is 4.74 Å². The summed E-state index contributed by atoms with van der Waals surface area (Å²) in [4.78, 5) is 31.2. The van der Waals surface area contributed by atoms with E-state index in [0.717, 1.165) is 45.8 Å². The number of hydrogen-bond acceptors (Lipinski definition) is 7. The van der Waals surface area contributed by atoms with Gasteiger partial charge in [-0.25, -0.2) is 4.98 Å². The van der Waals surface area contributed by atoms with Crippen molar-refractivity contribution in [2.75, 3.05) is 31.3 Å². The minimum Gasteiger partial charge on any atom is -0.383 e. The molecule has 1 aliphatic carbocycles. The number of nitrogens with zero attached hydrogens (tertiary/aromatic N) is 1. The summed E-state index contributed by atoms with van der Waals surface area (Å²) in [7, 11) is 1.60. The van der Waals surface area contributed by atoms with Crippen LogP contribution in [0, 0.1) is 0 Å². The van der Waals surface area contributed by atoms with Gasteiger partial charge in [0.25, 0.3) is 5.91 Å². The average Bonchev–Trinajstić information content (AvgIpc) is 3.33. The van der Waals surface area contributed by atoms with Gasteiger partial charge in [0, 0.05) is 18.5 Å². The summed E-state index contributed by atoms with van der Waals surface area (Å²) in [6.45, 7) is 0.902. The second-order valence-electron chi connectivity index (χ2n) is 6.95. The number of benzene rings is 1. The number of thioether (sulfide) groups is 1. The molecule has 2 heterocycles. The summed E-state index contributed by atoms with van der Waals surface area (Å²) in [5.41, 5.74) is 2.67. The molecule has 6 nitrogen and oxygen atoms in total. The van der Waals surface area contributed by atoms with Crippen LogP contribution < -0.4 is 10.6 Å². The minimum atomic E-state index is -0.138. The number of carbonyl (C=O) groups is 2. The van der Waals surface area contributed by atoms with Crippen LogP contribution in [-0.2, 0) is 22.4 Å². The third-order valence-electron chi connectivity index (χ3n) is 4.84. The van der Waals surface area contributed by atoms with Crippen molar-refractivity contribution in [1.29, 1.82) is 0 Å². The molecule has 3 aromatic rings. The third kappa shape index (κ3) is 4.85. The first-order valence-corrected chi connectivity index (χ1v) is 12.5. The van der Waals surface area contributed by atoms with Crippen molar-refractivity contribution in [3.8, 4) is 0 Å². The first kappa shape index (κ1) is 21.3. The van der Waals surface area contributed by atoms with Crippen molar-refractivity contribution in [2.45, 2.75) is 30.0 Å². The average molecular weight is 462 g/mol. The monoisotopic (exact) mass is 461 g/mol. The molecule has 0 saturated heterocycles. The summed E-state index contributed by atoms with van der Waals surface area (Å²) in [6, 6.07) is 7.95. The SMILES string of the molecule is COCCNC(=O)c1c(NC(=O)CSc2nc3ccccc3s2)sc2c1CCCC2. The van der Waals surface area contributed by atoms with Gasteiger partial charge in [0.05, 0.1) is 28.1 Å². The molecule has 4 rings (SSSR count). The van der Waals surface area contributed by atoms with E-state index in [1.165, 1.54) is 28.0 Å². The van der Waals surface area contributed by atoms with Crippen LogP contribution in [0.1, 0.15) is 33.6 Å². The van der Waals surface area contributed by atoms with Crippen LogP contribution >= 0.6 is 34.4 Å². The lowest BCUT2D eigenvalue weighted by Gasteiger charge is -2.13. The molecule has 2 N–H and O–H groups in total. The quantitative estimate of drug-likeness (QED) is 0.385. The Labute approximate surface area is 187 Å². The van der Waals surface area contributed by atoms with Gasteiger partial charge >= 0.3 is 0 Å². The number of ether oxygens (including phenoxy) is 1. The van der Waals surface area contributed by atoms with E-state index in [2.05, 4.69) is 15.6 Å². The molecule has 2 amide bonds. The molecule has 0 saturated carbocycles. The fourth-order valence-electron chi connectivity index (χ4n) is 3.45. The number of thiophene rings is 1. The molecule has 0 atom stereocenters. The Morgan fingerprint density at radius 3 is 2.87 bits per heavy atom. The van der Waals surface area contributed by atoms with Crippen LogP contribution in [0.4, 0.5) is 5.00 Å². The van der Waals surface area contributed by atoms with Crippen LogP contribution in [0.3, 0.4) is 0 Å². The van der Waals surface area contributed by atoms with Crippen LogP contribution in [0.15, 0.2) is 28.6 Å². The van der Waals surface area contributed by atoms with E-state index in [1.54, 1.807) is 18.4 Å². The number of hydrogen-bond donors (Lipinski definition) is 2. The number of rotatable bonds is 8. The Bertz CT molecular complexity index is 1030. The van der Waals surface area contributed by atoms with Crippen molar-refractivity contribution < 1.29 is 14.3 Å². The Kier molecular flexibility index (Phi) is 7.04. The molecule has 0 aliphatic heterocycles. The number of thiazole rings is 1. The molecule has 1 aliphatic rings. The normalized spacial score (nSPS) is 13.2. The number of aryl methyl sites for hydroxylation is 1. The van der Waals surface area contributed by atoms with Gasteiger partial charge in [-0.05, 0) is 43.4 Å². The fourth-order valence-corrected chi connectivity index (χ4v) is 6.62. The van der Waals surface area contributed by atoms with E-state index >= 15 is 0 Å². The number of aromatic nitrogens is 1. The largest absolute Gasteiger partial charge is 0.383 e. The highest BCUT2D eigenvalue weighted by Gasteiger charge is 2.26. The number of para-hydroxylation sites is 1. The van der Waals surface area contributed by atoms with Crippen molar-refractivity contribution in [1.82, 2.24) is 10.3 Å². The molecule has 0 unspecified atom stereocenters. The number of fused-ring (bicyclic) bond motifs is 2. The number of methoxy groups -OCH3 is 1. The number of anilines is 1. The lowest BCUT2D eigenvalue weighted by molar-refractivity contribution is -0.113.